The molecule has 1 aliphatic rings. The highest BCUT2D eigenvalue weighted by Crippen LogP contribution is 2.35. The number of nitrogens with zero attached hydrogens (tertiary/aromatic N) is 2. The molecule has 32 heavy (non-hydrogen) atoms. The van der Waals surface area contributed by atoms with Gasteiger partial charge in [0, 0.05) is 17.6 Å². The lowest BCUT2D eigenvalue weighted by atomic mass is 10.1. The molecular weight excluding hydrogens is 468 g/mol. The van der Waals surface area contributed by atoms with Crippen molar-refractivity contribution in [2.24, 2.45) is 5.10 Å². The number of hydrogen-bond acceptors (Lipinski definition) is 8. The number of sulfone groups is 1. The van der Waals surface area contributed by atoms with Crippen LogP contribution in [0.15, 0.2) is 64.4 Å². The summed E-state index contributed by atoms with van der Waals surface area (Å²) in [6.07, 6.45) is 1.75. The molecule has 0 bridgehead atoms. The molecule has 1 aromatic carbocycles. The van der Waals surface area contributed by atoms with Gasteiger partial charge < -0.3 is 4.74 Å². The first-order valence-corrected chi connectivity index (χ1v) is 13.5. The van der Waals surface area contributed by atoms with Crippen LogP contribution in [0.2, 0.25) is 0 Å². The highest BCUT2D eigenvalue weighted by molar-refractivity contribution is 7.89. The second kappa shape index (κ2) is 9.35. The first-order valence-electron chi connectivity index (χ1n) is 9.71. The first kappa shape index (κ1) is 22.4. The summed E-state index contributed by atoms with van der Waals surface area (Å²) >= 11 is 3.12. The lowest BCUT2D eigenvalue weighted by Crippen LogP contribution is -2.31. The Balaban J connectivity index is 1.43. The van der Waals surface area contributed by atoms with Crippen LogP contribution in [0.1, 0.15) is 38.1 Å². The van der Waals surface area contributed by atoms with Crippen LogP contribution in [0.5, 0.6) is 0 Å². The van der Waals surface area contributed by atoms with Crippen LogP contribution in [0.3, 0.4) is 0 Å². The van der Waals surface area contributed by atoms with E-state index in [1.807, 2.05) is 35.0 Å². The molecule has 2 aromatic heterocycles. The van der Waals surface area contributed by atoms with Crippen LogP contribution >= 0.6 is 22.7 Å². The van der Waals surface area contributed by atoms with Gasteiger partial charge in [-0.25, -0.2) is 18.2 Å². The third-order valence-corrected chi connectivity index (χ3v) is 7.54. The summed E-state index contributed by atoms with van der Waals surface area (Å²) in [5, 5.41) is 9.86. The van der Waals surface area contributed by atoms with E-state index in [0.29, 0.717) is 12.0 Å². The highest BCUT2D eigenvalue weighted by Gasteiger charge is 2.34. The second-order valence-corrected chi connectivity index (χ2v) is 11.4. The van der Waals surface area contributed by atoms with Crippen molar-refractivity contribution >= 4 is 50.1 Å². The summed E-state index contributed by atoms with van der Waals surface area (Å²) in [6, 6.07) is 13.7. The van der Waals surface area contributed by atoms with Gasteiger partial charge in [-0.2, -0.15) is 5.10 Å². The number of ether oxygens (including phenoxy) is 1. The van der Waals surface area contributed by atoms with Gasteiger partial charge in [-0.1, -0.05) is 24.3 Å². The Morgan fingerprint density at radius 3 is 2.44 bits per heavy atom. The molecule has 10 heteroatoms. The van der Waals surface area contributed by atoms with E-state index in [1.165, 1.54) is 17.1 Å². The summed E-state index contributed by atoms with van der Waals surface area (Å²) in [5.41, 5.74) is 1.65. The predicted molar refractivity (Wildman–Crippen MR) is 125 cm³/mol. The van der Waals surface area contributed by atoms with Crippen LogP contribution in [-0.4, -0.2) is 43.9 Å². The van der Waals surface area contributed by atoms with Gasteiger partial charge in [0.05, 0.1) is 27.9 Å². The maximum atomic E-state index is 12.9. The Labute approximate surface area is 193 Å². The van der Waals surface area contributed by atoms with Gasteiger partial charge in [0.15, 0.2) is 16.4 Å². The Kier molecular flexibility index (Phi) is 6.54. The van der Waals surface area contributed by atoms with Crippen LogP contribution in [-0.2, 0) is 25.1 Å². The number of hydrazone groups is 1. The number of carbonyl (C=O) groups excluding carboxylic acids is 2. The highest BCUT2D eigenvalue weighted by atomic mass is 32.2. The standard InChI is InChI=1S/C22H20N2O5S3/c1-32(27,28)14-15-6-8-16(9-7-15)22(26)29-13-21(25)24-18(20-5-3-11-31-20)12-17(23-24)19-4-2-10-30-19/h2-11,18H,12-14H2,1H3. The van der Waals surface area contributed by atoms with Crippen LogP contribution < -0.4 is 0 Å². The number of carbonyl (C=O) groups is 2. The smallest absolute Gasteiger partial charge is 0.338 e. The summed E-state index contributed by atoms with van der Waals surface area (Å²) in [4.78, 5) is 27.3. The number of thiophene rings is 2. The van der Waals surface area contributed by atoms with E-state index in [0.717, 1.165) is 21.7 Å². The Hall–Kier alpha value is -2.82. The van der Waals surface area contributed by atoms with E-state index in [9.17, 15) is 18.0 Å². The fourth-order valence-electron chi connectivity index (χ4n) is 3.35. The second-order valence-electron chi connectivity index (χ2n) is 7.34. The van der Waals surface area contributed by atoms with E-state index in [4.69, 9.17) is 4.74 Å². The quantitative estimate of drug-likeness (QED) is 0.471. The van der Waals surface area contributed by atoms with Crippen molar-refractivity contribution in [2.45, 2.75) is 18.2 Å². The Morgan fingerprint density at radius 1 is 1.09 bits per heavy atom. The number of esters is 1. The van der Waals surface area contributed by atoms with Gasteiger partial charge >= 0.3 is 5.97 Å². The van der Waals surface area contributed by atoms with Crippen LogP contribution in [0.4, 0.5) is 0 Å². The molecule has 1 aliphatic heterocycles. The molecule has 0 spiro atoms. The van der Waals surface area contributed by atoms with Crippen molar-refractivity contribution in [3.63, 3.8) is 0 Å². The minimum absolute atomic E-state index is 0.107. The molecule has 0 N–H and O–H groups in total. The first-order chi connectivity index (χ1) is 15.3. The molecule has 0 aliphatic carbocycles. The zero-order valence-corrected chi connectivity index (χ0v) is 19.6. The van der Waals surface area contributed by atoms with Crippen molar-refractivity contribution in [1.29, 1.82) is 0 Å². The molecule has 166 valence electrons. The average molecular weight is 489 g/mol. The summed E-state index contributed by atoms with van der Waals surface area (Å²) in [7, 11) is -3.16. The summed E-state index contributed by atoms with van der Waals surface area (Å²) in [5.74, 6) is -1.17. The van der Waals surface area contributed by atoms with E-state index >= 15 is 0 Å². The lowest BCUT2D eigenvalue weighted by molar-refractivity contribution is -0.136. The van der Waals surface area contributed by atoms with Gasteiger partial charge in [-0.3, -0.25) is 4.79 Å². The van der Waals surface area contributed by atoms with E-state index in [2.05, 4.69) is 5.10 Å². The van der Waals surface area contributed by atoms with Gasteiger partial charge in [0.2, 0.25) is 0 Å². The molecule has 1 unspecified atom stereocenters. The van der Waals surface area contributed by atoms with Crippen LogP contribution in [0.25, 0.3) is 0 Å². The topological polar surface area (TPSA) is 93.1 Å². The maximum Gasteiger partial charge on any atom is 0.338 e. The fraction of sp³-hybridized carbons (Fsp3) is 0.227. The predicted octanol–water partition coefficient (Wildman–Crippen LogP) is 3.89. The third-order valence-electron chi connectivity index (χ3n) is 4.79. The summed E-state index contributed by atoms with van der Waals surface area (Å²) in [6.45, 7) is -0.437. The Morgan fingerprint density at radius 2 is 1.81 bits per heavy atom. The van der Waals surface area contributed by atoms with Crippen molar-refractivity contribution in [1.82, 2.24) is 5.01 Å². The lowest BCUT2D eigenvalue weighted by Gasteiger charge is -2.20. The molecule has 4 rings (SSSR count). The van der Waals surface area contributed by atoms with Gasteiger partial charge in [-0.05, 0) is 40.6 Å². The fourth-order valence-corrected chi connectivity index (χ4v) is 5.68. The minimum atomic E-state index is -3.16. The Bertz CT molecular complexity index is 1230. The number of rotatable bonds is 7. The van der Waals surface area contributed by atoms with Gasteiger partial charge in [0.25, 0.3) is 5.91 Å². The zero-order chi connectivity index (χ0) is 22.7. The molecule has 0 saturated carbocycles. The molecule has 0 fully saturated rings. The monoisotopic (exact) mass is 488 g/mol. The van der Waals surface area contributed by atoms with Crippen molar-refractivity contribution in [3.8, 4) is 0 Å². The van der Waals surface area contributed by atoms with Crippen LogP contribution in [0, 0.1) is 0 Å². The average Bonchev–Trinajstić information content (AvgIpc) is 3.51. The summed E-state index contributed by atoms with van der Waals surface area (Å²) < 4.78 is 28.0. The number of benzene rings is 1. The van der Waals surface area contributed by atoms with E-state index < -0.39 is 28.3 Å². The molecule has 1 atom stereocenters. The molecule has 0 radical (unpaired) electrons. The molecule has 1 amide bonds. The third kappa shape index (κ3) is 5.32. The maximum absolute atomic E-state index is 12.9. The SMILES string of the molecule is CS(=O)(=O)Cc1ccc(C(=O)OCC(=O)N2N=C(c3cccs3)CC2c2cccs2)cc1. The van der Waals surface area contributed by atoms with Gasteiger partial charge in [-0.15, -0.1) is 22.7 Å². The zero-order valence-electron chi connectivity index (χ0n) is 17.1. The molecule has 3 aromatic rings. The number of amides is 1. The normalized spacial score (nSPS) is 16.1. The molecule has 7 nitrogen and oxygen atoms in total. The molecular formula is C22H20N2O5S3. The largest absolute Gasteiger partial charge is 0.452 e. The van der Waals surface area contributed by atoms with Crippen molar-refractivity contribution in [2.75, 3.05) is 12.9 Å². The van der Waals surface area contributed by atoms with E-state index in [-0.39, 0.29) is 17.4 Å². The molecule has 3 heterocycles. The van der Waals surface area contributed by atoms with Crippen molar-refractivity contribution in [3.05, 3.63) is 80.2 Å². The van der Waals surface area contributed by atoms with Gasteiger partial charge in [0.1, 0.15) is 0 Å². The number of hydrogen-bond donors (Lipinski definition) is 0. The molecule has 0 saturated heterocycles. The van der Waals surface area contributed by atoms with Crippen molar-refractivity contribution < 1.29 is 22.7 Å². The minimum Gasteiger partial charge on any atom is -0.452 e. The van der Waals surface area contributed by atoms with E-state index in [1.54, 1.807) is 34.8 Å².